The largest absolute Gasteiger partial charge is 0.313 e. The van der Waals surface area contributed by atoms with Gasteiger partial charge in [-0.15, -0.1) is 0 Å². The Balaban J connectivity index is 2.66. The lowest BCUT2D eigenvalue weighted by atomic mass is 9.87. The molecule has 4 unspecified atom stereocenters. The number of hydrogen-bond donors (Lipinski definition) is 1. The van der Waals surface area contributed by atoms with Crippen LogP contribution < -0.4 is 5.32 Å². The molecule has 0 spiro atoms. The second-order valence-corrected chi connectivity index (χ2v) is 7.86. The van der Waals surface area contributed by atoms with Crippen LogP contribution >= 0.6 is 0 Å². The van der Waals surface area contributed by atoms with E-state index in [4.69, 9.17) is 0 Å². The van der Waals surface area contributed by atoms with Crippen LogP contribution in [-0.4, -0.2) is 27.8 Å². The summed E-state index contributed by atoms with van der Waals surface area (Å²) in [7, 11) is -0.666. The standard InChI is InChI=1S/C14H29NOS/c1-6-11(3)10-17(16)12-8-9-14(4,5)13(12)15-7-2/h11-13,15H,6-10H2,1-5H3. The molecule has 1 saturated carbocycles. The molecule has 102 valence electrons. The van der Waals surface area contributed by atoms with Gasteiger partial charge >= 0.3 is 0 Å². The average Bonchev–Trinajstić information content (AvgIpc) is 2.55. The normalized spacial score (nSPS) is 31.4. The van der Waals surface area contributed by atoms with E-state index in [0.29, 0.717) is 22.6 Å². The minimum Gasteiger partial charge on any atom is -0.313 e. The van der Waals surface area contributed by atoms with Crippen LogP contribution in [0.15, 0.2) is 0 Å². The first-order valence-corrected chi connectivity index (χ1v) is 8.41. The fraction of sp³-hybridized carbons (Fsp3) is 1.00. The second kappa shape index (κ2) is 6.33. The summed E-state index contributed by atoms with van der Waals surface area (Å²) < 4.78 is 12.5. The maximum atomic E-state index is 12.5. The molecule has 0 amide bonds. The van der Waals surface area contributed by atoms with Gasteiger partial charge in [0.15, 0.2) is 0 Å². The van der Waals surface area contributed by atoms with Gasteiger partial charge in [0.05, 0.1) is 5.25 Å². The first kappa shape index (κ1) is 15.2. The number of nitrogens with one attached hydrogen (secondary N) is 1. The molecule has 17 heavy (non-hydrogen) atoms. The highest BCUT2D eigenvalue weighted by Crippen LogP contribution is 2.40. The summed E-state index contributed by atoms with van der Waals surface area (Å²) in [6, 6.07) is 0.428. The van der Waals surface area contributed by atoms with Crippen molar-refractivity contribution in [3.63, 3.8) is 0 Å². The number of rotatable bonds is 6. The lowest BCUT2D eigenvalue weighted by molar-refractivity contribution is 0.289. The molecule has 0 saturated heterocycles. The fourth-order valence-corrected chi connectivity index (χ4v) is 4.97. The Bertz CT molecular complexity index is 265. The molecule has 2 nitrogen and oxygen atoms in total. The van der Waals surface area contributed by atoms with E-state index < -0.39 is 10.8 Å². The highest BCUT2D eigenvalue weighted by Gasteiger charge is 2.44. The summed E-state index contributed by atoms with van der Waals surface area (Å²) in [4.78, 5) is 0. The van der Waals surface area contributed by atoms with E-state index in [-0.39, 0.29) is 0 Å². The Labute approximate surface area is 109 Å². The Hall–Kier alpha value is 0.110. The van der Waals surface area contributed by atoms with Gasteiger partial charge in [0.2, 0.25) is 0 Å². The van der Waals surface area contributed by atoms with Crippen molar-refractivity contribution in [3.05, 3.63) is 0 Å². The van der Waals surface area contributed by atoms with Crippen LogP contribution in [0.25, 0.3) is 0 Å². The van der Waals surface area contributed by atoms with E-state index in [0.717, 1.165) is 25.1 Å². The van der Waals surface area contributed by atoms with Crippen LogP contribution in [0.5, 0.6) is 0 Å². The van der Waals surface area contributed by atoms with E-state index >= 15 is 0 Å². The summed E-state index contributed by atoms with van der Waals surface area (Å²) in [5.41, 5.74) is 0.297. The van der Waals surface area contributed by atoms with Crippen molar-refractivity contribution in [1.29, 1.82) is 0 Å². The van der Waals surface area contributed by atoms with Crippen molar-refractivity contribution in [3.8, 4) is 0 Å². The first-order chi connectivity index (χ1) is 7.92. The van der Waals surface area contributed by atoms with Gasteiger partial charge in [-0.1, -0.05) is 41.0 Å². The van der Waals surface area contributed by atoms with Crippen molar-refractivity contribution in [2.24, 2.45) is 11.3 Å². The molecule has 0 radical (unpaired) electrons. The summed E-state index contributed by atoms with van der Waals surface area (Å²) in [6.07, 6.45) is 3.45. The fourth-order valence-electron chi connectivity index (χ4n) is 2.77. The predicted octanol–water partition coefficient (Wildman–Crippen LogP) is 2.95. The molecule has 4 atom stereocenters. The number of hydrogen-bond acceptors (Lipinski definition) is 2. The molecule has 0 aromatic carbocycles. The van der Waals surface area contributed by atoms with E-state index in [1.807, 2.05) is 0 Å². The summed E-state index contributed by atoms with van der Waals surface area (Å²) in [5, 5.41) is 3.92. The van der Waals surface area contributed by atoms with Crippen LogP contribution in [0, 0.1) is 11.3 Å². The predicted molar refractivity (Wildman–Crippen MR) is 76.7 cm³/mol. The lowest BCUT2D eigenvalue weighted by Crippen LogP contribution is -2.46. The van der Waals surface area contributed by atoms with Gasteiger partial charge in [-0.3, -0.25) is 4.21 Å². The molecular weight excluding hydrogens is 230 g/mol. The lowest BCUT2D eigenvalue weighted by Gasteiger charge is -2.31. The molecule has 0 aliphatic heterocycles. The molecule has 1 aliphatic carbocycles. The van der Waals surface area contributed by atoms with Crippen molar-refractivity contribution < 1.29 is 4.21 Å². The molecule has 0 aromatic rings. The third-order valence-electron chi connectivity index (χ3n) is 4.19. The van der Waals surface area contributed by atoms with Gasteiger partial charge in [-0.25, -0.2) is 0 Å². The van der Waals surface area contributed by atoms with Gasteiger partial charge < -0.3 is 5.32 Å². The van der Waals surface area contributed by atoms with Crippen molar-refractivity contribution in [2.75, 3.05) is 12.3 Å². The van der Waals surface area contributed by atoms with E-state index in [1.165, 1.54) is 6.42 Å². The smallest absolute Gasteiger partial charge is 0.0506 e. The molecule has 1 rings (SSSR count). The molecule has 0 aromatic heterocycles. The second-order valence-electron chi connectivity index (χ2n) is 6.16. The monoisotopic (exact) mass is 259 g/mol. The van der Waals surface area contributed by atoms with Crippen LogP contribution in [-0.2, 0) is 10.8 Å². The van der Waals surface area contributed by atoms with E-state index in [1.54, 1.807) is 0 Å². The Kier molecular flexibility index (Phi) is 5.65. The Morgan fingerprint density at radius 3 is 2.59 bits per heavy atom. The van der Waals surface area contributed by atoms with Crippen LogP contribution in [0.4, 0.5) is 0 Å². The highest BCUT2D eigenvalue weighted by molar-refractivity contribution is 7.85. The van der Waals surface area contributed by atoms with Crippen molar-refractivity contribution in [1.82, 2.24) is 5.32 Å². The van der Waals surface area contributed by atoms with Crippen LogP contribution in [0.2, 0.25) is 0 Å². The quantitative estimate of drug-likeness (QED) is 0.794. The van der Waals surface area contributed by atoms with Gasteiger partial charge in [0, 0.05) is 22.6 Å². The molecule has 1 fully saturated rings. The van der Waals surface area contributed by atoms with Gasteiger partial charge in [-0.05, 0) is 30.7 Å². The molecule has 1 aliphatic rings. The topological polar surface area (TPSA) is 29.1 Å². The first-order valence-electron chi connectivity index (χ1n) is 7.03. The third kappa shape index (κ3) is 3.78. The van der Waals surface area contributed by atoms with Gasteiger partial charge in [-0.2, -0.15) is 0 Å². The molecule has 0 bridgehead atoms. The average molecular weight is 259 g/mol. The van der Waals surface area contributed by atoms with E-state index in [9.17, 15) is 4.21 Å². The zero-order chi connectivity index (χ0) is 13.1. The zero-order valence-corrected chi connectivity index (χ0v) is 12.9. The van der Waals surface area contributed by atoms with E-state index in [2.05, 4.69) is 39.9 Å². The van der Waals surface area contributed by atoms with Crippen LogP contribution in [0.1, 0.15) is 53.9 Å². The summed E-state index contributed by atoms with van der Waals surface area (Å²) >= 11 is 0. The van der Waals surface area contributed by atoms with Gasteiger partial charge in [0.1, 0.15) is 0 Å². The van der Waals surface area contributed by atoms with Crippen molar-refractivity contribution >= 4 is 10.8 Å². The van der Waals surface area contributed by atoms with Crippen molar-refractivity contribution in [2.45, 2.75) is 65.2 Å². The summed E-state index contributed by atoms with van der Waals surface area (Å²) in [5.74, 6) is 1.46. The summed E-state index contributed by atoms with van der Waals surface area (Å²) in [6.45, 7) is 12.1. The zero-order valence-electron chi connectivity index (χ0n) is 12.1. The third-order valence-corrected chi connectivity index (χ3v) is 6.28. The maximum Gasteiger partial charge on any atom is 0.0506 e. The highest BCUT2D eigenvalue weighted by atomic mass is 32.2. The minimum absolute atomic E-state index is 0.297. The molecule has 1 N–H and O–H groups in total. The Morgan fingerprint density at radius 1 is 1.41 bits per heavy atom. The SMILES string of the molecule is CCNC1C(S(=O)CC(C)CC)CCC1(C)C. The maximum absolute atomic E-state index is 12.5. The molecule has 0 heterocycles. The molecular formula is C14H29NOS. The Morgan fingerprint density at radius 2 is 2.06 bits per heavy atom. The minimum atomic E-state index is -0.666. The van der Waals surface area contributed by atoms with Gasteiger partial charge in [0.25, 0.3) is 0 Å². The molecule has 3 heteroatoms. The van der Waals surface area contributed by atoms with Crippen LogP contribution in [0.3, 0.4) is 0 Å².